The van der Waals surface area contributed by atoms with Gasteiger partial charge < -0.3 is 14.2 Å². The van der Waals surface area contributed by atoms with Gasteiger partial charge in [0.15, 0.2) is 0 Å². The van der Waals surface area contributed by atoms with Gasteiger partial charge in [0.2, 0.25) is 0 Å². The van der Waals surface area contributed by atoms with Gasteiger partial charge in [-0.3, -0.25) is 0 Å². The zero-order chi connectivity index (χ0) is 25.2. The highest BCUT2D eigenvalue weighted by Crippen LogP contribution is 2.62. The molecule has 10 rings (SSSR count). The van der Waals surface area contributed by atoms with Crippen LogP contribution in [0.3, 0.4) is 0 Å². The van der Waals surface area contributed by atoms with E-state index in [0.717, 1.165) is 0 Å². The minimum atomic E-state index is 0.00247. The van der Waals surface area contributed by atoms with Gasteiger partial charge >= 0.3 is 6.98 Å². The fourth-order valence-electron chi connectivity index (χ4n) is 7.27. The first-order valence-corrected chi connectivity index (χ1v) is 14.2. The van der Waals surface area contributed by atoms with Crippen molar-refractivity contribution in [3.05, 3.63) is 121 Å². The third kappa shape index (κ3) is 2.32. The van der Waals surface area contributed by atoms with E-state index in [0.29, 0.717) is 0 Å². The molecule has 0 radical (unpaired) electrons. The lowest BCUT2D eigenvalue weighted by Gasteiger charge is -2.38. The summed E-state index contributed by atoms with van der Waals surface area (Å²) in [5, 5.41) is 4.02. The Bertz CT molecular complexity index is 2130. The molecule has 0 bridgehead atoms. The van der Waals surface area contributed by atoms with Crippen molar-refractivity contribution < 1.29 is 0 Å². The fourth-order valence-corrected chi connectivity index (χ4v) is 8.52. The summed E-state index contributed by atoms with van der Waals surface area (Å²) in [6, 6.07) is 44.5. The largest absolute Gasteiger partial charge is 0.439 e. The van der Waals surface area contributed by atoms with Crippen LogP contribution in [0.1, 0.15) is 0 Å². The molecule has 3 aliphatic rings. The molecular formula is C34H20BN3S. The van der Waals surface area contributed by atoms with E-state index in [-0.39, 0.29) is 6.98 Å². The smallest absolute Gasteiger partial charge is 0.357 e. The average molecular weight is 513 g/mol. The van der Waals surface area contributed by atoms with Crippen molar-refractivity contribution in [2.45, 2.75) is 0 Å². The number of aromatic nitrogens is 1. The number of anilines is 4. The van der Waals surface area contributed by atoms with Gasteiger partial charge in [-0.05, 0) is 42.0 Å². The Morgan fingerprint density at radius 1 is 0.564 bits per heavy atom. The quantitative estimate of drug-likeness (QED) is 0.204. The molecule has 2 aromatic heterocycles. The maximum Gasteiger partial charge on any atom is 0.439 e. The summed E-state index contributed by atoms with van der Waals surface area (Å²) in [6.07, 6.45) is 0. The topological polar surface area (TPSA) is 11.4 Å². The van der Waals surface area contributed by atoms with Gasteiger partial charge in [0.25, 0.3) is 0 Å². The van der Waals surface area contributed by atoms with E-state index in [1.165, 1.54) is 76.6 Å². The van der Waals surface area contributed by atoms with Crippen molar-refractivity contribution in [1.82, 2.24) is 4.57 Å². The molecule has 0 saturated heterocycles. The second-order valence-corrected chi connectivity index (χ2v) is 11.6. The molecule has 5 aromatic carbocycles. The zero-order valence-corrected chi connectivity index (χ0v) is 21.7. The van der Waals surface area contributed by atoms with E-state index in [1.54, 1.807) is 0 Å². The van der Waals surface area contributed by atoms with Gasteiger partial charge in [-0.1, -0.05) is 84.9 Å². The number of benzene rings is 5. The molecule has 180 valence electrons. The molecule has 0 aliphatic carbocycles. The Morgan fingerprint density at radius 3 is 2.13 bits per heavy atom. The normalized spacial score (nSPS) is 14.0. The molecular weight excluding hydrogens is 493 g/mol. The highest BCUT2D eigenvalue weighted by Gasteiger charge is 2.54. The van der Waals surface area contributed by atoms with Crippen molar-refractivity contribution in [2.75, 3.05) is 9.62 Å². The maximum atomic E-state index is 2.63. The van der Waals surface area contributed by atoms with E-state index in [1.807, 2.05) is 11.3 Å². The fraction of sp³-hybridized carbons (Fsp3) is 0. The third-order valence-electron chi connectivity index (χ3n) is 8.68. The van der Waals surface area contributed by atoms with Crippen LogP contribution >= 0.6 is 11.3 Å². The lowest BCUT2D eigenvalue weighted by molar-refractivity contribution is 1.15. The highest BCUT2D eigenvalue weighted by atomic mass is 32.1. The molecule has 0 fully saturated rings. The van der Waals surface area contributed by atoms with E-state index in [2.05, 4.69) is 136 Å². The van der Waals surface area contributed by atoms with Gasteiger partial charge in [-0.25, -0.2) is 0 Å². The summed E-state index contributed by atoms with van der Waals surface area (Å²) in [7, 11) is 0. The molecule has 5 heteroatoms. The summed E-state index contributed by atoms with van der Waals surface area (Å²) < 4.78 is 3.86. The molecule has 3 aliphatic heterocycles. The zero-order valence-electron chi connectivity index (χ0n) is 20.9. The molecule has 0 unspecified atom stereocenters. The van der Waals surface area contributed by atoms with E-state index >= 15 is 0 Å². The van der Waals surface area contributed by atoms with Gasteiger partial charge in [-0.2, -0.15) is 0 Å². The molecule has 7 aromatic rings. The number of thiophene rings is 1. The van der Waals surface area contributed by atoms with E-state index in [4.69, 9.17) is 0 Å². The minimum Gasteiger partial charge on any atom is -0.357 e. The Morgan fingerprint density at radius 2 is 1.26 bits per heavy atom. The van der Waals surface area contributed by atoms with Crippen molar-refractivity contribution >= 4 is 67.0 Å². The predicted octanol–water partition coefficient (Wildman–Crippen LogP) is 8.49. The summed E-state index contributed by atoms with van der Waals surface area (Å²) in [5.41, 5.74) is 13.0. The number of nitrogens with zero attached hydrogens (tertiary/aromatic N) is 3. The SMILES string of the molecule is c1ccc(-n2c3c(c4ccccc42)-c2ccccc2N2B3N3c4ccccc4-c4cccc5sc2c3c45)cc1. The van der Waals surface area contributed by atoms with Crippen molar-refractivity contribution in [2.24, 2.45) is 0 Å². The Kier molecular flexibility index (Phi) is 3.64. The predicted molar refractivity (Wildman–Crippen MR) is 166 cm³/mol. The van der Waals surface area contributed by atoms with E-state index < -0.39 is 0 Å². The number of para-hydroxylation sites is 4. The molecule has 0 N–H and O–H groups in total. The van der Waals surface area contributed by atoms with Crippen molar-refractivity contribution in [3.63, 3.8) is 0 Å². The van der Waals surface area contributed by atoms with Crippen LogP contribution in [0, 0.1) is 0 Å². The first-order chi connectivity index (χ1) is 19.4. The summed E-state index contributed by atoms with van der Waals surface area (Å²) >= 11 is 1.92. The number of rotatable bonds is 1. The monoisotopic (exact) mass is 513 g/mol. The van der Waals surface area contributed by atoms with Crippen molar-refractivity contribution in [1.29, 1.82) is 0 Å². The molecule has 0 spiro atoms. The third-order valence-corrected chi connectivity index (χ3v) is 9.82. The first kappa shape index (κ1) is 20.3. The van der Waals surface area contributed by atoms with Gasteiger partial charge in [0.1, 0.15) is 5.00 Å². The summed E-state index contributed by atoms with van der Waals surface area (Å²) in [6.45, 7) is 0.00247. The maximum absolute atomic E-state index is 2.63. The molecule has 3 nitrogen and oxygen atoms in total. The van der Waals surface area contributed by atoms with Gasteiger partial charge in [-0.15, -0.1) is 11.3 Å². The lowest BCUT2D eigenvalue weighted by atomic mass is 9.62. The van der Waals surface area contributed by atoms with Crippen LogP contribution in [-0.2, 0) is 0 Å². The molecule has 5 heterocycles. The molecule has 0 amide bonds. The number of fused-ring (bicyclic) bond motifs is 13. The van der Waals surface area contributed by atoms with Crippen LogP contribution < -0.4 is 15.2 Å². The molecule has 0 atom stereocenters. The standard InChI is InChI=1S/C34H20BN3S/c1-2-11-21(12-3-1)36-26-17-7-5-14-24(26)30-25-15-6-9-19-28(25)38-34-32-31-23(16-10-20-29(31)39-34)22-13-4-8-18-27(22)37(32)35(38)33(30)36/h1-20H. The molecule has 0 saturated carbocycles. The van der Waals surface area contributed by atoms with Gasteiger partial charge in [0.05, 0.1) is 11.2 Å². The van der Waals surface area contributed by atoms with Crippen LogP contribution in [0.2, 0.25) is 0 Å². The first-order valence-electron chi connectivity index (χ1n) is 13.4. The van der Waals surface area contributed by atoms with Crippen LogP contribution in [0.4, 0.5) is 22.1 Å². The van der Waals surface area contributed by atoms with Gasteiger partial charge in [0, 0.05) is 54.8 Å². The Labute approximate surface area is 229 Å². The lowest BCUT2D eigenvalue weighted by Crippen LogP contribution is -2.58. The highest BCUT2D eigenvalue weighted by molar-refractivity contribution is 7.25. The van der Waals surface area contributed by atoms with E-state index in [9.17, 15) is 0 Å². The van der Waals surface area contributed by atoms with Crippen LogP contribution in [0.5, 0.6) is 0 Å². The number of hydrogen-bond donors (Lipinski definition) is 0. The Balaban J connectivity index is 1.41. The second-order valence-electron chi connectivity index (χ2n) is 10.5. The van der Waals surface area contributed by atoms with Crippen LogP contribution in [0.15, 0.2) is 121 Å². The Hall–Kier alpha value is -4.74. The summed E-state index contributed by atoms with van der Waals surface area (Å²) in [5.74, 6) is 0. The molecule has 39 heavy (non-hydrogen) atoms. The average Bonchev–Trinajstić information content (AvgIpc) is 3.65. The second kappa shape index (κ2) is 7.01. The minimum absolute atomic E-state index is 0.00247. The van der Waals surface area contributed by atoms with Crippen LogP contribution in [-0.4, -0.2) is 11.5 Å². The number of hydrogen-bond acceptors (Lipinski definition) is 3. The van der Waals surface area contributed by atoms with Crippen molar-refractivity contribution in [3.8, 4) is 27.9 Å². The summed E-state index contributed by atoms with van der Waals surface area (Å²) in [4.78, 5) is 5.24. The van der Waals surface area contributed by atoms with Crippen LogP contribution in [0.25, 0.3) is 48.9 Å².